The van der Waals surface area contributed by atoms with E-state index in [0.29, 0.717) is 0 Å². The largest absolute Gasteiger partial charge is 0.459 e. The van der Waals surface area contributed by atoms with Crippen molar-refractivity contribution in [2.24, 2.45) is 0 Å². The van der Waals surface area contributed by atoms with Crippen LogP contribution < -0.4 is 5.32 Å². The molecule has 0 atom stereocenters. The predicted octanol–water partition coefficient (Wildman–Crippen LogP) is 3.04. The van der Waals surface area contributed by atoms with Crippen molar-refractivity contribution in [3.8, 4) is 10.8 Å². The van der Waals surface area contributed by atoms with E-state index in [4.69, 9.17) is 4.42 Å². The molecule has 0 aliphatic rings. The second-order valence-electron chi connectivity index (χ2n) is 4.26. The summed E-state index contributed by atoms with van der Waals surface area (Å²) in [4.78, 5) is 0. The molecule has 98 valence electrons. The van der Waals surface area contributed by atoms with Crippen LogP contribution in [0.3, 0.4) is 0 Å². The number of nitrogens with one attached hydrogen (secondary N) is 1. The zero-order chi connectivity index (χ0) is 12.8. The van der Waals surface area contributed by atoms with Crippen molar-refractivity contribution in [2.45, 2.75) is 33.1 Å². The molecule has 0 spiro atoms. The van der Waals surface area contributed by atoms with Crippen LogP contribution in [0, 0.1) is 6.92 Å². The Kier molecular flexibility index (Phi) is 4.90. The Hall–Kier alpha value is -1.20. The summed E-state index contributed by atoms with van der Waals surface area (Å²) in [5, 5.41) is 13.7. The van der Waals surface area contributed by atoms with Crippen LogP contribution in [0.1, 0.15) is 30.5 Å². The molecule has 0 saturated heterocycles. The lowest BCUT2D eigenvalue weighted by Crippen LogP contribution is -2.16. The lowest BCUT2D eigenvalue weighted by molar-refractivity contribution is 0.547. The van der Waals surface area contributed by atoms with Gasteiger partial charge in [-0.2, -0.15) is 0 Å². The Labute approximate surface area is 111 Å². The molecule has 0 unspecified atom stereocenters. The summed E-state index contributed by atoms with van der Waals surface area (Å²) in [6, 6.07) is 3.90. The molecule has 5 heteroatoms. The van der Waals surface area contributed by atoms with Crippen LogP contribution in [0.5, 0.6) is 0 Å². The highest BCUT2D eigenvalue weighted by molar-refractivity contribution is 7.14. The molecule has 2 aromatic heterocycles. The van der Waals surface area contributed by atoms with Crippen molar-refractivity contribution in [3.63, 3.8) is 0 Å². The topological polar surface area (TPSA) is 51.0 Å². The lowest BCUT2D eigenvalue weighted by Gasteiger charge is -1.99. The van der Waals surface area contributed by atoms with E-state index < -0.39 is 0 Å². The molecular formula is C13H19N3OS. The van der Waals surface area contributed by atoms with Gasteiger partial charge in [0.2, 0.25) is 0 Å². The van der Waals surface area contributed by atoms with E-state index in [9.17, 15) is 0 Å². The van der Waals surface area contributed by atoms with Crippen LogP contribution in [-0.4, -0.2) is 23.3 Å². The van der Waals surface area contributed by atoms with Gasteiger partial charge in [-0.15, -0.1) is 10.2 Å². The van der Waals surface area contributed by atoms with Crippen molar-refractivity contribution in [2.75, 3.05) is 13.1 Å². The number of hydrogen-bond acceptors (Lipinski definition) is 5. The minimum absolute atomic E-state index is 0.820. The van der Waals surface area contributed by atoms with Gasteiger partial charge in [0.15, 0.2) is 10.8 Å². The fourth-order valence-corrected chi connectivity index (χ4v) is 2.51. The number of aryl methyl sites for hydroxylation is 2. The lowest BCUT2D eigenvalue weighted by atomic mass is 10.3. The summed E-state index contributed by atoms with van der Waals surface area (Å²) in [5.41, 5.74) is 0. The highest BCUT2D eigenvalue weighted by Crippen LogP contribution is 2.25. The van der Waals surface area contributed by atoms with Gasteiger partial charge in [-0.1, -0.05) is 18.3 Å². The van der Waals surface area contributed by atoms with Crippen molar-refractivity contribution >= 4 is 11.3 Å². The van der Waals surface area contributed by atoms with Gasteiger partial charge in [-0.05, 0) is 45.0 Å². The van der Waals surface area contributed by atoms with Crippen LogP contribution in [0.15, 0.2) is 16.5 Å². The molecule has 18 heavy (non-hydrogen) atoms. The van der Waals surface area contributed by atoms with E-state index in [1.807, 2.05) is 19.1 Å². The smallest absolute Gasteiger partial charge is 0.183 e. The van der Waals surface area contributed by atoms with E-state index in [-0.39, 0.29) is 0 Å². The summed E-state index contributed by atoms with van der Waals surface area (Å²) < 4.78 is 5.54. The second kappa shape index (κ2) is 6.66. The molecule has 0 radical (unpaired) electrons. The Balaban J connectivity index is 1.83. The normalized spacial score (nSPS) is 11.0. The molecule has 0 saturated carbocycles. The minimum Gasteiger partial charge on any atom is -0.459 e. The summed E-state index contributed by atoms with van der Waals surface area (Å²) in [5.74, 6) is 1.73. The van der Waals surface area contributed by atoms with Gasteiger partial charge in [0.25, 0.3) is 0 Å². The first-order valence-corrected chi connectivity index (χ1v) is 7.21. The summed E-state index contributed by atoms with van der Waals surface area (Å²) in [6.45, 7) is 6.25. The maximum Gasteiger partial charge on any atom is 0.183 e. The monoisotopic (exact) mass is 265 g/mol. The first-order chi connectivity index (χ1) is 8.79. The average Bonchev–Trinajstić information content (AvgIpc) is 2.97. The van der Waals surface area contributed by atoms with Crippen LogP contribution in [0.25, 0.3) is 10.8 Å². The number of rotatable bonds is 7. The number of hydrogen-bond donors (Lipinski definition) is 1. The Bertz CT molecular complexity index is 478. The number of nitrogens with zero attached hydrogens (tertiary/aromatic N) is 2. The van der Waals surface area contributed by atoms with Crippen molar-refractivity contribution in [1.82, 2.24) is 15.5 Å². The first-order valence-electron chi connectivity index (χ1n) is 6.39. The molecule has 2 rings (SSSR count). The fourth-order valence-electron chi connectivity index (χ4n) is 1.67. The predicted molar refractivity (Wildman–Crippen MR) is 73.8 cm³/mol. The minimum atomic E-state index is 0.820. The summed E-state index contributed by atoms with van der Waals surface area (Å²) in [7, 11) is 0. The van der Waals surface area contributed by atoms with Gasteiger partial charge in [-0.25, -0.2) is 0 Å². The fraction of sp³-hybridized carbons (Fsp3) is 0.538. The quantitative estimate of drug-likeness (QED) is 0.782. The van der Waals surface area contributed by atoms with Gasteiger partial charge >= 0.3 is 0 Å². The molecule has 1 N–H and O–H groups in total. The third-order valence-electron chi connectivity index (χ3n) is 2.59. The molecule has 0 bridgehead atoms. The molecule has 0 fully saturated rings. The molecular weight excluding hydrogens is 246 g/mol. The molecule has 0 aromatic carbocycles. The molecule has 0 aliphatic carbocycles. The number of furan rings is 1. The van der Waals surface area contributed by atoms with Crippen LogP contribution in [0.2, 0.25) is 0 Å². The standard InChI is InChI=1S/C13H19N3OS/c1-3-8-14-9-4-5-12-15-16-13(18-12)11-7-6-10(2)17-11/h6-7,14H,3-5,8-9H2,1-2H3. The van der Waals surface area contributed by atoms with Crippen LogP contribution in [0.4, 0.5) is 0 Å². The van der Waals surface area contributed by atoms with Crippen molar-refractivity contribution in [1.29, 1.82) is 0 Å². The Morgan fingerprint density at radius 1 is 1.28 bits per heavy atom. The summed E-state index contributed by atoms with van der Waals surface area (Å²) in [6.07, 6.45) is 3.26. The first kappa shape index (κ1) is 13.2. The van der Waals surface area contributed by atoms with Gasteiger partial charge < -0.3 is 9.73 Å². The second-order valence-corrected chi connectivity index (χ2v) is 5.33. The number of aromatic nitrogens is 2. The van der Waals surface area contributed by atoms with E-state index in [1.54, 1.807) is 11.3 Å². The Morgan fingerprint density at radius 2 is 2.17 bits per heavy atom. The Morgan fingerprint density at radius 3 is 2.89 bits per heavy atom. The molecule has 4 nitrogen and oxygen atoms in total. The molecule has 2 heterocycles. The third kappa shape index (κ3) is 3.65. The zero-order valence-electron chi connectivity index (χ0n) is 10.9. The SMILES string of the molecule is CCCNCCCc1nnc(-c2ccc(C)o2)s1. The van der Waals surface area contributed by atoms with Crippen LogP contribution in [-0.2, 0) is 6.42 Å². The van der Waals surface area contributed by atoms with Gasteiger partial charge in [0, 0.05) is 6.42 Å². The highest BCUT2D eigenvalue weighted by atomic mass is 32.1. The maximum atomic E-state index is 5.54. The van der Waals surface area contributed by atoms with Gasteiger partial charge in [-0.3, -0.25) is 0 Å². The zero-order valence-corrected chi connectivity index (χ0v) is 11.7. The molecule has 0 amide bonds. The molecule has 0 aliphatic heterocycles. The van der Waals surface area contributed by atoms with E-state index in [0.717, 1.165) is 47.5 Å². The van der Waals surface area contributed by atoms with E-state index >= 15 is 0 Å². The maximum absolute atomic E-state index is 5.54. The summed E-state index contributed by atoms with van der Waals surface area (Å²) >= 11 is 1.62. The van der Waals surface area contributed by atoms with E-state index in [1.165, 1.54) is 6.42 Å². The van der Waals surface area contributed by atoms with Crippen LogP contribution >= 0.6 is 11.3 Å². The van der Waals surface area contributed by atoms with Gasteiger partial charge in [0.05, 0.1) is 0 Å². The average molecular weight is 265 g/mol. The van der Waals surface area contributed by atoms with E-state index in [2.05, 4.69) is 22.4 Å². The molecule has 2 aromatic rings. The van der Waals surface area contributed by atoms with Crippen molar-refractivity contribution < 1.29 is 4.42 Å². The highest BCUT2D eigenvalue weighted by Gasteiger charge is 2.09. The third-order valence-corrected chi connectivity index (χ3v) is 3.59. The van der Waals surface area contributed by atoms with Crippen molar-refractivity contribution in [3.05, 3.63) is 22.9 Å². The van der Waals surface area contributed by atoms with Gasteiger partial charge in [0.1, 0.15) is 10.8 Å².